The van der Waals surface area contributed by atoms with Crippen LogP contribution in [0.5, 0.6) is 0 Å². The van der Waals surface area contributed by atoms with Crippen LogP contribution < -0.4 is 5.32 Å². The summed E-state index contributed by atoms with van der Waals surface area (Å²) in [4.78, 5) is 0. The Morgan fingerprint density at radius 3 is 3.06 bits per heavy atom. The lowest BCUT2D eigenvalue weighted by Crippen LogP contribution is -2.19. The predicted molar refractivity (Wildman–Crippen MR) is 64.0 cm³/mol. The summed E-state index contributed by atoms with van der Waals surface area (Å²) in [6.45, 7) is 0.517. The van der Waals surface area contributed by atoms with Crippen LogP contribution in [0.15, 0.2) is 18.2 Å². The molecular formula is C11H11ClFN5. The third-order valence-electron chi connectivity index (χ3n) is 2.80. The van der Waals surface area contributed by atoms with Crippen molar-refractivity contribution in [3.05, 3.63) is 34.9 Å². The largest absolute Gasteiger partial charge is 0.307 e. The number of hydrogen-bond acceptors (Lipinski definition) is 4. The molecule has 0 spiro atoms. The van der Waals surface area contributed by atoms with Gasteiger partial charge in [0.05, 0.1) is 6.54 Å². The van der Waals surface area contributed by atoms with Crippen molar-refractivity contribution in [2.45, 2.75) is 25.4 Å². The smallest absolute Gasteiger partial charge is 0.170 e. The number of hydrogen-bond donors (Lipinski definition) is 1. The van der Waals surface area contributed by atoms with Gasteiger partial charge in [-0.3, -0.25) is 0 Å². The Morgan fingerprint density at radius 1 is 1.44 bits per heavy atom. The minimum atomic E-state index is -0.403. The van der Waals surface area contributed by atoms with Crippen LogP contribution in [0.25, 0.3) is 5.69 Å². The van der Waals surface area contributed by atoms with Crippen LogP contribution in [-0.2, 0) is 6.54 Å². The van der Waals surface area contributed by atoms with Gasteiger partial charge in [0.25, 0.3) is 0 Å². The molecule has 0 radical (unpaired) electrons. The monoisotopic (exact) mass is 267 g/mol. The molecule has 1 saturated carbocycles. The molecule has 0 amide bonds. The molecule has 0 aliphatic heterocycles. The number of aromatic nitrogens is 4. The maximum absolute atomic E-state index is 13.7. The first-order valence-corrected chi connectivity index (χ1v) is 6.08. The zero-order chi connectivity index (χ0) is 12.5. The lowest BCUT2D eigenvalue weighted by atomic mass is 10.3. The highest BCUT2D eigenvalue weighted by molar-refractivity contribution is 6.30. The zero-order valence-corrected chi connectivity index (χ0v) is 10.2. The molecule has 0 saturated heterocycles. The summed E-state index contributed by atoms with van der Waals surface area (Å²) >= 11 is 5.86. The van der Waals surface area contributed by atoms with Gasteiger partial charge in [0.1, 0.15) is 11.5 Å². The molecule has 5 nitrogen and oxygen atoms in total. The van der Waals surface area contributed by atoms with Crippen LogP contribution in [0.2, 0.25) is 5.02 Å². The summed E-state index contributed by atoms with van der Waals surface area (Å²) in [5.74, 6) is 0.169. The van der Waals surface area contributed by atoms with Gasteiger partial charge in [-0.25, -0.2) is 4.39 Å². The summed E-state index contributed by atoms with van der Waals surface area (Å²) in [5.41, 5.74) is 0.264. The highest BCUT2D eigenvalue weighted by Crippen LogP contribution is 2.21. The Hall–Kier alpha value is -1.53. The molecule has 2 aromatic rings. The quantitative estimate of drug-likeness (QED) is 0.916. The van der Waals surface area contributed by atoms with E-state index in [0.29, 0.717) is 23.4 Å². The molecule has 1 aromatic heterocycles. The first-order chi connectivity index (χ1) is 8.74. The van der Waals surface area contributed by atoms with Gasteiger partial charge in [-0.2, -0.15) is 4.68 Å². The standard InChI is InChI=1S/C11H11ClFN5/c12-7-1-4-9(13)10(5-7)18-11(15-16-17-18)6-14-8-2-3-8/h1,4-5,8,14H,2-3,6H2. The fourth-order valence-corrected chi connectivity index (χ4v) is 1.84. The molecule has 0 unspecified atom stereocenters. The maximum atomic E-state index is 13.7. The van der Waals surface area contributed by atoms with Crippen molar-refractivity contribution in [2.24, 2.45) is 0 Å². The second kappa shape index (κ2) is 4.62. The van der Waals surface area contributed by atoms with Crippen LogP contribution in [0, 0.1) is 5.82 Å². The lowest BCUT2D eigenvalue weighted by Gasteiger charge is -2.06. The van der Waals surface area contributed by atoms with Gasteiger partial charge in [-0.15, -0.1) is 5.10 Å². The van der Waals surface area contributed by atoms with Crippen molar-refractivity contribution in [2.75, 3.05) is 0 Å². The van der Waals surface area contributed by atoms with E-state index >= 15 is 0 Å². The topological polar surface area (TPSA) is 55.6 Å². The van der Waals surface area contributed by atoms with Gasteiger partial charge >= 0.3 is 0 Å². The van der Waals surface area contributed by atoms with Gasteiger partial charge in [0, 0.05) is 11.1 Å². The number of benzene rings is 1. The summed E-state index contributed by atoms with van der Waals surface area (Å²) in [7, 11) is 0. The minimum absolute atomic E-state index is 0.264. The lowest BCUT2D eigenvalue weighted by molar-refractivity contribution is 0.591. The van der Waals surface area contributed by atoms with E-state index in [9.17, 15) is 4.39 Å². The Kier molecular flexibility index (Phi) is 2.97. The van der Waals surface area contributed by atoms with Crippen LogP contribution >= 0.6 is 11.6 Å². The Bertz CT molecular complexity index is 566. The van der Waals surface area contributed by atoms with Crippen molar-refractivity contribution in [1.29, 1.82) is 0 Å². The van der Waals surface area contributed by atoms with E-state index < -0.39 is 5.82 Å². The fraction of sp³-hybridized carbons (Fsp3) is 0.364. The Morgan fingerprint density at radius 2 is 2.28 bits per heavy atom. The van der Waals surface area contributed by atoms with Crippen LogP contribution in [-0.4, -0.2) is 26.2 Å². The van der Waals surface area contributed by atoms with Crippen molar-refractivity contribution in [3.63, 3.8) is 0 Å². The molecule has 18 heavy (non-hydrogen) atoms. The summed E-state index contributed by atoms with van der Waals surface area (Å²) in [6.07, 6.45) is 2.35. The van der Waals surface area contributed by atoms with Gasteiger partial charge in [-0.05, 0) is 41.5 Å². The molecular weight excluding hydrogens is 257 g/mol. The van der Waals surface area contributed by atoms with Gasteiger partial charge < -0.3 is 5.32 Å². The van der Waals surface area contributed by atoms with E-state index in [4.69, 9.17) is 11.6 Å². The van der Waals surface area contributed by atoms with Crippen molar-refractivity contribution in [1.82, 2.24) is 25.5 Å². The van der Waals surface area contributed by atoms with E-state index in [1.807, 2.05) is 0 Å². The molecule has 7 heteroatoms. The van der Waals surface area contributed by atoms with Gasteiger partial charge in [-0.1, -0.05) is 11.6 Å². The molecule has 1 N–H and O–H groups in total. The molecule has 94 valence electrons. The Balaban J connectivity index is 1.90. The van der Waals surface area contributed by atoms with E-state index in [0.717, 1.165) is 0 Å². The molecule has 1 fully saturated rings. The normalized spacial score (nSPS) is 15.0. The second-order valence-electron chi connectivity index (χ2n) is 4.26. The van der Waals surface area contributed by atoms with E-state index in [2.05, 4.69) is 20.8 Å². The summed E-state index contributed by atoms with van der Waals surface area (Å²) in [6, 6.07) is 4.84. The third-order valence-corrected chi connectivity index (χ3v) is 3.03. The summed E-state index contributed by atoms with van der Waals surface area (Å²) < 4.78 is 15.1. The molecule has 1 aliphatic rings. The molecule has 1 aliphatic carbocycles. The van der Waals surface area contributed by atoms with Crippen LogP contribution in [0.4, 0.5) is 4.39 Å². The third kappa shape index (κ3) is 2.34. The average Bonchev–Trinajstić information content (AvgIpc) is 3.08. The second-order valence-corrected chi connectivity index (χ2v) is 4.69. The summed E-state index contributed by atoms with van der Waals surface area (Å²) in [5, 5.41) is 15.0. The number of halogens is 2. The van der Waals surface area contributed by atoms with Gasteiger partial charge in [0.15, 0.2) is 5.82 Å². The number of nitrogens with one attached hydrogen (secondary N) is 1. The molecule has 0 bridgehead atoms. The minimum Gasteiger partial charge on any atom is -0.307 e. The molecule has 1 aromatic carbocycles. The highest BCUT2D eigenvalue weighted by Gasteiger charge is 2.22. The first kappa shape index (κ1) is 11.6. The Labute approximate surface area is 108 Å². The first-order valence-electron chi connectivity index (χ1n) is 5.70. The van der Waals surface area contributed by atoms with E-state index in [1.54, 1.807) is 0 Å². The number of rotatable bonds is 4. The highest BCUT2D eigenvalue weighted by atomic mass is 35.5. The average molecular weight is 268 g/mol. The fourth-order valence-electron chi connectivity index (χ4n) is 1.67. The van der Waals surface area contributed by atoms with Crippen LogP contribution in [0.1, 0.15) is 18.7 Å². The van der Waals surface area contributed by atoms with E-state index in [-0.39, 0.29) is 5.69 Å². The molecule has 3 rings (SSSR count). The van der Waals surface area contributed by atoms with Crippen LogP contribution in [0.3, 0.4) is 0 Å². The van der Waals surface area contributed by atoms with E-state index in [1.165, 1.54) is 35.7 Å². The predicted octanol–water partition coefficient (Wildman–Crippen LogP) is 1.71. The van der Waals surface area contributed by atoms with Crippen molar-refractivity contribution >= 4 is 11.6 Å². The van der Waals surface area contributed by atoms with Crippen molar-refractivity contribution in [3.8, 4) is 5.69 Å². The van der Waals surface area contributed by atoms with Crippen molar-refractivity contribution < 1.29 is 4.39 Å². The van der Waals surface area contributed by atoms with Gasteiger partial charge in [0.2, 0.25) is 0 Å². The maximum Gasteiger partial charge on any atom is 0.170 e. The SMILES string of the molecule is Fc1ccc(Cl)cc1-n1nnnc1CNC1CC1. The number of nitrogens with zero attached hydrogens (tertiary/aromatic N) is 4. The number of tetrazole rings is 1. The molecule has 1 heterocycles. The molecule has 0 atom stereocenters. The zero-order valence-electron chi connectivity index (χ0n) is 9.48.